The molecule has 6 heteroatoms. The highest BCUT2D eigenvalue weighted by molar-refractivity contribution is 5.82. The molecule has 0 bridgehead atoms. The van der Waals surface area contributed by atoms with Crippen LogP contribution in [0.3, 0.4) is 0 Å². The van der Waals surface area contributed by atoms with Gasteiger partial charge in [-0.05, 0) is 31.6 Å². The molecule has 0 aromatic carbocycles. The second kappa shape index (κ2) is 6.34. The fourth-order valence-electron chi connectivity index (χ4n) is 2.32. The first-order chi connectivity index (χ1) is 8.71. The van der Waals surface area contributed by atoms with E-state index in [0.29, 0.717) is 25.8 Å². The molecule has 0 radical (unpaired) electrons. The number of aliphatic carboxylic acids is 1. The minimum absolute atomic E-state index is 0.214. The van der Waals surface area contributed by atoms with Crippen LogP contribution < -0.4 is 5.32 Å². The van der Waals surface area contributed by atoms with E-state index in [0.717, 1.165) is 0 Å². The summed E-state index contributed by atoms with van der Waals surface area (Å²) in [6.45, 7) is 6.04. The normalized spacial score (nSPS) is 25.1. The van der Waals surface area contributed by atoms with E-state index >= 15 is 0 Å². The lowest BCUT2D eigenvalue weighted by Gasteiger charge is -2.27. The first-order valence-electron chi connectivity index (χ1n) is 6.55. The molecule has 0 spiro atoms. The topological polar surface area (TPSA) is 95.9 Å². The standard InChI is InChI=1S/C13H23NO5/c1-8(15)6-13(2,3)7-14-11(16)9-4-5-10(19-9)12(17)18/h8-10,15H,4-7H2,1-3H3,(H,14,16)(H,17,18)/t8?,9-,10+/m0/s1. The molecule has 0 aromatic heterocycles. The molecule has 1 unspecified atom stereocenters. The minimum Gasteiger partial charge on any atom is -0.479 e. The van der Waals surface area contributed by atoms with Crippen LogP contribution in [0, 0.1) is 5.41 Å². The van der Waals surface area contributed by atoms with Crippen molar-refractivity contribution in [3.8, 4) is 0 Å². The van der Waals surface area contributed by atoms with Crippen LogP contribution in [0.5, 0.6) is 0 Å². The van der Waals surface area contributed by atoms with Gasteiger partial charge in [0.1, 0.15) is 6.10 Å². The molecule has 1 rings (SSSR count). The molecule has 3 N–H and O–H groups in total. The monoisotopic (exact) mass is 273 g/mol. The van der Waals surface area contributed by atoms with Crippen molar-refractivity contribution in [3.05, 3.63) is 0 Å². The van der Waals surface area contributed by atoms with Gasteiger partial charge in [0.25, 0.3) is 0 Å². The van der Waals surface area contributed by atoms with E-state index in [1.54, 1.807) is 6.92 Å². The third-order valence-electron chi connectivity index (χ3n) is 3.18. The van der Waals surface area contributed by atoms with Crippen LogP contribution in [0.25, 0.3) is 0 Å². The zero-order valence-electron chi connectivity index (χ0n) is 11.7. The molecule has 1 aliphatic heterocycles. The summed E-state index contributed by atoms with van der Waals surface area (Å²) in [6, 6.07) is 0. The smallest absolute Gasteiger partial charge is 0.332 e. The van der Waals surface area contributed by atoms with Crippen LogP contribution in [0.4, 0.5) is 0 Å². The number of carbonyl (C=O) groups is 2. The van der Waals surface area contributed by atoms with Crippen molar-refractivity contribution in [1.29, 1.82) is 0 Å². The first kappa shape index (κ1) is 15.9. The molecule has 6 nitrogen and oxygen atoms in total. The lowest BCUT2D eigenvalue weighted by atomic mass is 9.87. The van der Waals surface area contributed by atoms with Crippen LogP contribution >= 0.6 is 0 Å². The number of amides is 1. The van der Waals surface area contributed by atoms with Gasteiger partial charge >= 0.3 is 5.97 Å². The predicted molar refractivity (Wildman–Crippen MR) is 68.6 cm³/mol. The first-order valence-corrected chi connectivity index (χ1v) is 6.55. The highest BCUT2D eigenvalue weighted by Gasteiger charge is 2.35. The minimum atomic E-state index is -1.02. The Morgan fingerprint density at radius 1 is 1.37 bits per heavy atom. The Bertz CT molecular complexity index is 340. The van der Waals surface area contributed by atoms with Crippen molar-refractivity contribution in [2.24, 2.45) is 5.41 Å². The summed E-state index contributed by atoms with van der Waals surface area (Å²) >= 11 is 0. The van der Waals surface area contributed by atoms with Crippen LogP contribution in [-0.2, 0) is 14.3 Å². The molecule has 1 fully saturated rings. The van der Waals surface area contributed by atoms with Gasteiger partial charge in [-0.25, -0.2) is 4.79 Å². The summed E-state index contributed by atoms with van der Waals surface area (Å²) < 4.78 is 5.17. The molecule has 1 saturated heterocycles. The molecular weight excluding hydrogens is 250 g/mol. The molecule has 1 heterocycles. The van der Waals surface area contributed by atoms with Gasteiger partial charge in [0.15, 0.2) is 6.10 Å². The Morgan fingerprint density at radius 3 is 2.42 bits per heavy atom. The Labute approximate surface area is 113 Å². The predicted octanol–water partition coefficient (Wildman–Crippen LogP) is 0.532. The maximum absolute atomic E-state index is 11.9. The van der Waals surface area contributed by atoms with Crippen molar-refractivity contribution >= 4 is 11.9 Å². The number of carboxylic acids is 1. The van der Waals surface area contributed by atoms with Gasteiger partial charge in [-0.3, -0.25) is 4.79 Å². The van der Waals surface area contributed by atoms with E-state index in [1.807, 2.05) is 13.8 Å². The molecule has 1 amide bonds. The number of carbonyl (C=O) groups excluding carboxylic acids is 1. The zero-order chi connectivity index (χ0) is 14.6. The molecule has 0 saturated carbocycles. The van der Waals surface area contributed by atoms with Crippen LogP contribution in [0.1, 0.15) is 40.0 Å². The van der Waals surface area contributed by atoms with Crippen molar-refractivity contribution in [2.45, 2.75) is 58.3 Å². The third-order valence-corrected chi connectivity index (χ3v) is 3.18. The van der Waals surface area contributed by atoms with E-state index in [1.165, 1.54) is 0 Å². The third kappa shape index (κ3) is 5.16. The van der Waals surface area contributed by atoms with Crippen molar-refractivity contribution in [2.75, 3.05) is 6.54 Å². The van der Waals surface area contributed by atoms with Gasteiger partial charge in [0, 0.05) is 6.54 Å². The highest BCUT2D eigenvalue weighted by Crippen LogP contribution is 2.23. The fraction of sp³-hybridized carbons (Fsp3) is 0.846. The van der Waals surface area contributed by atoms with E-state index < -0.39 is 24.3 Å². The number of hydrogen-bond acceptors (Lipinski definition) is 4. The molecule has 1 aliphatic rings. The second-order valence-electron chi connectivity index (χ2n) is 5.96. The Hall–Kier alpha value is -1.14. The van der Waals surface area contributed by atoms with E-state index in [9.17, 15) is 14.7 Å². The van der Waals surface area contributed by atoms with Crippen LogP contribution in [0.2, 0.25) is 0 Å². The Balaban J connectivity index is 2.38. The summed E-state index contributed by atoms with van der Waals surface area (Å²) in [5.41, 5.74) is -0.214. The lowest BCUT2D eigenvalue weighted by Crippen LogP contribution is -2.41. The second-order valence-corrected chi connectivity index (χ2v) is 5.96. The summed E-state index contributed by atoms with van der Waals surface area (Å²) in [5, 5.41) is 20.9. The number of aliphatic hydroxyl groups is 1. The summed E-state index contributed by atoms with van der Waals surface area (Å²) in [5.74, 6) is -1.30. The van der Waals surface area contributed by atoms with Crippen LogP contribution in [-0.4, -0.2) is 46.9 Å². The SMILES string of the molecule is CC(O)CC(C)(C)CNC(=O)[C@@H]1CC[C@H](C(=O)O)O1. The quantitative estimate of drug-likeness (QED) is 0.656. The highest BCUT2D eigenvalue weighted by atomic mass is 16.5. The Kier molecular flexibility index (Phi) is 5.31. The summed E-state index contributed by atoms with van der Waals surface area (Å²) in [7, 11) is 0. The molecule has 3 atom stereocenters. The maximum atomic E-state index is 11.9. The number of ether oxygens (including phenoxy) is 1. The van der Waals surface area contributed by atoms with Gasteiger partial charge < -0.3 is 20.3 Å². The van der Waals surface area contributed by atoms with Crippen molar-refractivity contribution < 1.29 is 24.5 Å². The molecule has 0 aliphatic carbocycles. The van der Waals surface area contributed by atoms with Gasteiger partial charge in [-0.1, -0.05) is 13.8 Å². The molecule has 0 aromatic rings. The van der Waals surface area contributed by atoms with Gasteiger partial charge in [0.2, 0.25) is 5.91 Å². The van der Waals surface area contributed by atoms with Gasteiger partial charge in [-0.15, -0.1) is 0 Å². The molecule has 19 heavy (non-hydrogen) atoms. The Morgan fingerprint density at radius 2 is 1.95 bits per heavy atom. The number of carboxylic acid groups (broad SMARTS) is 1. The zero-order valence-corrected chi connectivity index (χ0v) is 11.7. The maximum Gasteiger partial charge on any atom is 0.332 e. The largest absolute Gasteiger partial charge is 0.479 e. The summed E-state index contributed by atoms with van der Waals surface area (Å²) in [6.07, 6.45) is -0.601. The lowest BCUT2D eigenvalue weighted by molar-refractivity contribution is -0.151. The van der Waals surface area contributed by atoms with E-state index in [4.69, 9.17) is 9.84 Å². The fourth-order valence-corrected chi connectivity index (χ4v) is 2.32. The molecule has 110 valence electrons. The van der Waals surface area contributed by atoms with Crippen LogP contribution in [0.15, 0.2) is 0 Å². The van der Waals surface area contributed by atoms with Crippen molar-refractivity contribution in [1.82, 2.24) is 5.32 Å². The number of nitrogens with one attached hydrogen (secondary N) is 1. The average Bonchev–Trinajstić information content (AvgIpc) is 2.73. The number of hydrogen-bond donors (Lipinski definition) is 3. The average molecular weight is 273 g/mol. The van der Waals surface area contributed by atoms with E-state index in [2.05, 4.69) is 5.32 Å². The van der Waals surface area contributed by atoms with Gasteiger partial charge in [0.05, 0.1) is 6.10 Å². The van der Waals surface area contributed by atoms with E-state index in [-0.39, 0.29) is 11.3 Å². The number of aliphatic hydroxyl groups excluding tert-OH is 1. The van der Waals surface area contributed by atoms with Gasteiger partial charge in [-0.2, -0.15) is 0 Å². The summed E-state index contributed by atoms with van der Waals surface area (Å²) in [4.78, 5) is 22.6. The van der Waals surface area contributed by atoms with Crippen molar-refractivity contribution in [3.63, 3.8) is 0 Å². The molecular formula is C13H23NO5. The number of rotatable bonds is 6.